The van der Waals surface area contributed by atoms with Crippen molar-refractivity contribution in [3.63, 3.8) is 0 Å². The number of aromatic nitrogens is 2. The van der Waals surface area contributed by atoms with Crippen molar-refractivity contribution in [2.75, 3.05) is 5.73 Å². The molecule has 0 amide bonds. The normalized spacial score (nSPS) is 12.7. The lowest BCUT2D eigenvalue weighted by molar-refractivity contribution is 0.242. The van der Waals surface area contributed by atoms with E-state index in [9.17, 15) is 0 Å². The lowest BCUT2D eigenvalue weighted by Crippen LogP contribution is -2.11. The minimum Gasteiger partial charge on any atom is -0.491 e. The molecule has 0 radical (unpaired) electrons. The highest BCUT2D eigenvalue weighted by atomic mass is 79.9. The van der Waals surface area contributed by atoms with Crippen molar-refractivity contribution in [2.45, 2.75) is 32.9 Å². The SMILES string of the molecule is CC(C)Oc1ccc(C(C)n2ncc(Br)c2N)cc1. The first kappa shape index (κ1) is 13.9. The van der Waals surface area contributed by atoms with Crippen LogP contribution < -0.4 is 10.5 Å². The van der Waals surface area contributed by atoms with Crippen LogP contribution in [0.4, 0.5) is 5.82 Å². The molecule has 0 bridgehead atoms. The van der Waals surface area contributed by atoms with Crippen molar-refractivity contribution in [1.82, 2.24) is 9.78 Å². The van der Waals surface area contributed by atoms with Crippen molar-refractivity contribution < 1.29 is 4.74 Å². The maximum atomic E-state index is 5.97. The van der Waals surface area contributed by atoms with E-state index in [0.29, 0.717) is 5.82 Å². The van der Waals surface area contributed by atoms with Crippen molar-refractivity contribution in [1.29, 1.82) is 0 Å². The summed E-state index contributed by atoms with van der Waals surface area (Å²) in [4.78, 5) is 0. The minimum absolute atomic E-state index is 0.0828. The van der Waals surface area contributed by atoms with Gasteiger partial charge in [-0.2, -0.15) is 5.10 Å². The van der Waals surface area contributed by atoms with Crippen molar-refractivity contribution in [3.05, 3.63) is 40.5 Å². The first-order valence-electron chi connectivity index (χ1n) is 6.24. The number of nitrogens with zero attached hydrogens (tertiary/aromatic N) is 2. The van der Waals surface area contributed by atoms with Crippen LogP contribution in [0.1, 0.15) is 32.4 Å². The van der Waals surface area contributed by atoms with E-state index in [2.05, 4.69) is 28.0 Å². The van der Waals surface area contributed by atoms with Gasteiger partial charge in [0.25, 0.3) is 0 Å². The van der Waals surface area contributed by atoms with Gasteiger partial charge in [-0.3, -0.25) is 0 Å². The smallest absolute Gasteiger partial charge is 0.136 e. The van der Waals surface area contributed by atoms with Crippen molar-refractivity contribution in [3.8, 4) is 5.75 Å². The molecular weight excluding hydrogens is 306 g/mol. The quantitative estimate of drug-likeness (QED) is 0.934. The van der Waals surface area contributed by atoms with E-state index in [1.165, 1.54) is 0 Å². The summed E-state index contributed by atoms with van der Waals surface area (Å²) in [6, 6.07) is 8.11. The predicted molar refractivity (Wildman–Crippen MR) is 80.4 cm³/mol. The molecule has 0 fully saturated rings. The zero-order valence-electron chi connectivity index (χ0n) is 11.3. The Morgan fingerprint density at radius 2 is 1.84 bits per heavy atom. The third kappa shape index (κ3) is 3.10. The number of benzene rings is 1. The summed E-state index contributed by atoms with van der Waals surface area (Å²) in [6.45, 7) is 6.09. The van der Waals surface area contributed by atoms with Gasteiger partial charge in [-0.15, -0.1) is 0 Å². The molecule has 1 unspecified atom stereocenters. The van der Waals surface area contributed by atoms with E-state index in [-0.39, 0.29) is 12.1 Å². The topological polar surface area (TPSA) is 53.1 Å². The van der Waals surface area contributed by atoms with Gasteiger partial charge in [0, 0.05) is 0 Å². The van der Waals surface area contributed by atoms with Gasteiger partial charge in [-0.25, -0.2) is 4.68 Å². The predicted octanol–water partition coefficient (Wildman–Crippen LogP) is 3.62. The molecule has 2 N–H and O–H groups in total. The molecule has 1 aromatic heterocycles. The number of nitrogens with two attached hydrogens (primary N) is 1. The molecule has 1 atom stereocenters. The van der Waals surface area contributed by atoms with Gasteiger partial charge < -0.3 is 10.5 Å². The monoisotopic (exact) mass is 323 g/mol. The number of rotatable bonds is 4. The number of ether oxygens (including phenoxy) is 1. The molecule has 0 saturated carbocycles. The van der Waals surface area contributed by atoms with E-state index in [4.69, 9.17) is 10.5 Å². The van der Waals surface area contributed by atoms with Crippen LogP contribution in [-0.4, -0.2) is 15.9 Å². The largest absolute Gasteiger partial charge is 0.491 e. The summed E-state index contributed by atoms with van der Waals surface area (Å²) in [6.07, 6.45) is 1.89. The summed E-state index contributed by atoms with van der Waals surface area (Å²) >= 11 is 3.37. The van der Waals surface area contributed by atoms with Gasteiger partial charge in [0.2, 0.25) is 0 Å². The van der Waals surface area contributed by atoms with Crippen LogP contribution in [-0.2, 0) is 0 Å². The third-order valence-corrected chi connectivity index (χ3v) is 3.50. The van der Waals surface area contributed by atoms with Gasteiger partial charge in [0.05, 0.1) is 22.8 Å². The van der Waals surface area contributed by atoms with Crippen LogP contribution in [0, 0.1) is 0 Å². The highest BCUT2D eigenvalue weighted by Gasteiger charge is 2.13. The fraction of sp³-hybridized carbons (Fsp3) is 0.357. The average molecular weight is 324 g/mol. The van der Waals surface area contributed by atoms with Gasteiger partial charge in [-0.05, 0) is 54.4 Å². The van der Waals surface area contributed by atoms with E-state index in [1.54, 1.807) is 10.9 Å². The summed E-state index contributed by atoms with van der Waals surface area (Å²) in [5.74, 6) is 1.51. The standard InChI is InChI=1S/C14H18BrN3O/c1-9(2)19-12-6-4-11(5-7-12)10(3)18-14(16)13(15)8-17-18/h4-10H,16H2,1-3H3. The van der Waals surface area contributed by atoms with Crippen LogP contribution in [0.2, 0.25) is 0 Å². The van der Waals surface area contributed by atoms with E-state index in [1.807, 2.05) is 38.1 Å². The van der Waals surface area contributed by atoms with Gasteiger partial charge >= 0.3 is 0 Å². The lowest BCUT2D eigenvalue weighted by Gasteiger charge is -2.16. The van der Waals surface area contributed by atoms with Crippen LogP contribution >= 0.6 is 15.9 Å². The molecule has 1 aromatic carbocycles. The van der Waals surface area contributed by atoms with Crippen LogP contribution in [0.3, 0.4) is 0 Å². The third-order valence-electron chi connectivity index (χ3n) is 2.89. The second-order valence-electron chi connectivity index (χ2n) is 4.73. The molecule has 2 rings (SSSR count). The maximum absolute atomic E-state index is 5.97. The van der Waals surface area contributed by atoms with Crippen molar-refractivity contribution >= 4 is 21.7 Å². The Bertz CT molecular complexity index is 548. The number of halogens is 1. The Morgan fingerprint density at radius 3 is 2.32 bits per heavy atom. The Kier molecular flexibility index (Phi) is 4.14. The van der Waals surface area contributed by atoms with Crippen molar-refractivity contribution in [2.24, 2.45) is 0 Å². The molecule has 5 heteroatoms. The molecule has 4 nitrogen and oxygen atoms in total. The Balaban J connectivity index is 2.20. The Labute approximate surface area is 121 Å². The molecule has 0 aliphatic rings. The molecule has 0 saturated heterocycles. The zero-order valence-corrected chi connectivity index (χ0v) is 12.9. The Hall–Kier alpha value is -1.49. The molecule has 0 spiro atoms. The van der Waals surface area contributed by atoms with Gasteiger partial charge in [-0.1, -0.05) is 12.1 Å². The summed E-state index contributed by atoms with van der Waals surface area (Å²) < 4.78 is 8.24. The highest BCUT2D eigenvalue weighted by molar-refractivity contribution is 9.10. The number of anilines is 1. The number of hydrogen-bond acceptors (Lipinski definition) is 3. The molecule has 0 aliphatic heterocycles. The van der Waals surface area contributed by atoms with E-state index >= 15 is 0 Å². The lowest BCUT2D eigenvalue weighted by atomic mass is 10.1. The maximum Gasteiger partial charge on any atom is 0.136 e. The van der Waals surface area contributed by atoms with Crippen LogP contribution in [0.25, 0.3) is 0 Å². The molecule has 102 valence electrons. The summed E-state index contributed by atoms with van der Waals surface area (Å²) in [5, 5.41) is 4.28. The fourth-order valence-corrected chi connectivity index (χ4v) is 2.17. The number of nitrogen functional groups attached to an aromatic ring is 1. The first-order valence-corrected chi connectivity index (χ1v) is 7.03. The van der Waals surface area contributed by atoms with Gasteiger partial charge in [0.1, 0.15) is 11.6 Å². The van der Waals surface area contributed by atoms with E-state index < -0.39 is 0 Å². The molecule has 2 aromatic rings. The van der Waals surface area contributed by atoms with Crippen LogP contribution in [0.15, 0.2) is 34.9 Å². The van der Waals surface area contributed by atoms with Crippen LogP contribution in [0.5, 0.6) is 5.75 Å². The van der Waals surface area contributed by atoms with E-state index in [0.717, 1.165) is 15.8 Å². The summed E-state index contributed by atoms with van der Waals surface area (Å²) in [7, 11) is 0. The molecule has 1 heterocycles. The van der Waals surface area contributed by atoms with Gasteiger partial charge in [0.15, 0.2) is 0 Å². The second kappa shape index (κ2) is 5.65. The first-order chi connectivity index (χ1) is 8.99. The second-order valence-corrected chi connectivity index (χ2v) is 5.59. The Morgan fingerprint density at radius 1 is 1.21 bits per heavy atom. The molecule has 0 aliphatic carbocycles. The highest BCUT2D eigenvalue weighted by Crippen LogP contribution is 2.26. The summed E-state index contributed by atoms with van der Waals surface area (Å²) in [5.41, 5.74) is 7.10. The minimum atomic E-state index is 0.0828. The molecular formula is C14H18BrN3O. The molecule has 19 heavy (non-hydrogen) atoms. The fourth-order valence-electron chi connectivity index (χ4n) is 1.90. The number of hydrogen-bond donors (Lipinski definition) is 1. The zero-order chi connectivity index (χ0) is 14.0. The average Bonchev–Trinajstić information content (AvgIpc) is 2.69.